The van der Waals surface area contributed by atoms with Gasteiger partial charge in [0.05, 0.1) is 13.7 Å². The van der Waals surface area contributed by atoms with Crippen LogP contribution in [0.4, 0.5) is 0 Å². The van der Waals surface area contributed by atoms with Gasteiger partial charge >= 0.3 is 0 Å². The Labute approximate surface area is 183 Å². The summed E-state index contributed by atoms with van der Waals surface area (Å²) in [5.74, 6) is 6.15. The summed E-state index contributed by atoms with van der Waals surface area (Å²) in [6, 6.07) is 10.9. The molecule has 0 fully saturated rings. The molecule has 1 unspecified atom stereocenters. The Kier molecular flexibility index (Phi) is 9.29. The van der Waals surface area contributed by atoms with E-state index in [0.717, 1.165) is 16.7 Å². The number of aryl methyl sites for hydroxylation is 2. The minimum Gasteiger partial charge on any atom is -0.493 e. The quantitative estimate of drug-likeness (QED) is 0.446. The van der Waals surface area contributed by atoms with Crippen LogP contribution in [0.1, 0.15) is 22.8 Å². The van der Waals surface area contributed by atoms with Gasteiger partial charge in [-0.3, -0.25) is 4.79 Å². The minimum absolute atomic E-state index is 0.0371. The predicted molar refractivity (Wildman–Crippen MR) is 119 cm³/mol. The molecule has 0 aliphatic rings. The summed E-state index contributed by atoms with van der Waals surface area (Å²) in [6.07, 6.45) is 9.72. The predicted octanol–water partition coefficient (Wildman–Crippen LogP) is 3.21. The number of hydrogen-bond donors (Lipinski definition) is 1. The molecule has 1 atom stereocenters. The van der Waals surface area contributed by atoms with Crippen molar-refractivity contribution in [3.63, 3.8) is 0 Å². The Morgan fingerprint density at radius 3 is 2.45 bits per heavy atom. The second-order valence-electron chi connectivity index (χ2n) is 6.68. The molecule has 2 aromatic rings. The van der Waals surface area contributed by atoms with Crippen LogP contribution in [0.2, 0.25) is 0 Å². The highest BCUT2D eigenvalue weighted by molar-refractivity contribution is 5.82. The zero-order valence-corrected chi connectivity index (χ0v) is 18.1. The van der Waals surface area contributed by atoms with Gasteiger partial charge in [-0.1, -0.05) is 30.0 Å². The number of ether oxygens (including phenoxy) is 4. The van der Waals surface area contributed by atoms with Gasteiger partial charge < -0.3 is 24.3 Å². The van der Waals surface area contributed by atoms with E-state index in [1.807, 2.05) is 32.0 Å². The number of benzene rings is 2. The monoisotopic (exact) mass is 421 g/mol. The maximum atomic E-state index is 12.7. The highest BCUT2D eigenvalue weighted by Crippen LogP contribution is 2.31. The maximum absolute atomic E-state index is 12.7. The topological polar surface area (TPSA) is 66.0 Å². The molecule has 0 spiro atoms. The summed E-state index contributed by atoms with van der Waals surface area (Å²) >= 11 is 0. The molecule has 0 aromatic heterocycles. The van der Waals surface area contributed by atoms with Gasteiger partial charge in [0.25, 0.3) is 5.91 Å². The lowest BCUT2D eigenvalue weighted by atomic mass is 10.0. The molecule has 1 N–H and O–H groups in total. The average Bonchev–Trinajstić information content (AvgIpc) is 2.78. The van der Waals surface area contributed by atoms with Crippen molar-refractivity contribution >= 4 is 5.91 Å². The van der Waals surface area contributed by atoms with Gasteiger partial charge in [0, 0.05) is 6.07 Å². The van der Waals surface area contributed by atoms with Crippen LogP contribution in [0.5, 0.6) is 17.2 Å². The van der Waals surface area contributed by atoms with Crippen LogP contribution >= 0.6 is 0 Å². The van der Waals surface area contributed by atoms with Crippen LogP contribution in [-0.4, -0.2) is 39.4 Å². The Morgan fingerprint density at radius 1 is 1.00 bits per heavy atom. The largest absolute Gasteiger partial charge is 0.493 e. The van der Waals surface area contributed by atoms with E-state index in [1.165, 1.54) is 7.11 Å². The van der Waals surface area contributed by atoms with Crippen LogP contribution < -0.4 is 19.5 Å². The summed E-state index contributed by atoms with van der Waals surface area (Å²) in [7, 11) is 1.53. The molecule has 0 aliphatic heterocycles. The first-order valence-corrected chi connectivity index (χ1v) is 9.77. The van der Waals surface area contributed by atoms with Gasteiger partial charge in [-0.05, 0) is 42.7 Å². The number of terminal acetylenes is 2. The van der Waals surface area contributed by atoms with Crippen molar-refractivity contribution in [2.45, 2.75) is 20.0 Å². The number of carbonyl (C=O) groups is 1. The van der Waals surface area contributed by atoms with Crippen molar-refractivity contribution in [2.75, 3.05) is 33.5 Å². The first-order valence-electron chi connectivity index (χ1n) is 9.77. The molecule has 0 bridgehead atoms. The molecule has 162 valence electrons. The van der Waals surface area contributed by atoms with Crippen LogP contribution in [-0.2, 0) is 9.53 Å². The molecular formula is C25H27NO5. The lowest BCUT2D eigenvalue weighted by Crippen LogP contribution is -2.34. The van der Waals surface area contributed by atoms with Gasteiger partial charge in [-0.15, -0.1) is 12.8 Å². The van der Waals surface area contributed by atoms with E-state index in [2.05, 4.69) is 17.2 Å². The highest BCUT2D eigenvalue weighted by Gasteiger charge is 2.21. The Hall–Kier alpha value is -3.61. The van der Waals surface area contributed by atoms with Gasteiger partial charge in [0.2, 0.25) is 0 Å². The SMILES string of the molecule is C#CCOc1ccc(OCCNC(=O)C(OCC#C)c2ccc(C)c(C)c2)cc1OC. The van der Waals surface area contributed by atoms with Crippen LogP contribution in [0.3, 0.4) is 0 Å². The summed E-state index contributed by atoms with van der Waals surface area (Å²) in [4.78, 5) is 12.7. The van der Waals surface area contributed by atoms with E-state index in [4.69, 9.17) is 31.8 Å². The Balaban J connectivity index is 1.93. The van der Waals surface area contributed by atoms with Crippen LogP contribution in [0.15, 0.2) is 36.4 Å². The van der Waals surface area contributed by atoms with Crippen LogP contribution in [0, 0.1) is 38.5 Å². The summed E-state index contributed by atoms with van der Waals surface area (Å²) < 4.78 is 22.0. The number of methoxy groups -OCH3 is 1. The van der Waals surface area contributed by atoms with E-state index in [1.54, 1.807) is 18.2 Å². The van der Waals surface area contributed by atoms with Crippen molar-refractivity contribution in [1.29, 1.82) is 0 Å². The molecule has 6 heteroatoms. The summed E-state index contributed by atoms with van der Waals surface area (Å²) in [5, 5.41) is 2.83. The first kappa shape index (κ1) is 23.7. The van der Waals surface area contributed by atoms with Crippen molar-refractivity contribution < 1.29 is 23.7 Å². The maximum Gasteiger partial charge on any atom is 0.253 e. The number of carbonyl (C=O) groups excluding carboxylic acids is 1. The zero-order chi connectivity index (χ0) is 22.6. The Morgan fingerprint density at radius 2 is 1.77 bits per heavy atom. The van der Waals surface area contributed by atoms with E-state index in [-0.39, 0.29) is 32.3 Å². The lowest BCUT2D eigenvalue weighted by Gasteiger charge is -2.18. The third-order valence-corrected chi connectivity index (χ3v) is 4.52. The van der Waals surface area contributed by atoms with Gasteiger partial charge in [0.15, 0.2) is 17.6 Å². The minimum atomic E-state index is -0.789. The van der Waals surface area contributed by atoms with E-state index < -0.39 is 6.10 Å². The van der Waals surface area contributed by atoms with E-state index >= 15 is 0 Å². The lowest BCUT2D eigenvalue weighted by molar-refractivity contribution is -0.132. The van der Waals surface area contributed by atoms with Gasteiger partial charge in [0.1, 0.15) is 25.6 Å². The number of amides is 1. The second kappa shape index (κ2) is 12.2. The molecule has 0 saturated carbocycles. The fourth-order valence-electron chi connectivity index (χ4n) is 2.79. The zero-order valence-electron chi connectivity index (χ0n) is 18.1. The van der Waals surface area contributed by atoms with Crippen molar-refractivity contribution in [2.24, 2.45) is 0 Å². The molecule has 0 heterocycles. The Bertz CT molecular complexity index is 971. The number of rotatable bonds is 11. The molecule has 1 amide bonds. The molecular weight excluding hydrogens is 394 g/mol. The van der Waals surface area contributed by atoms with Crippen molar-refractivity contribution in [3.8, 4) is 41.9 Å². The third-order valence-electron chi connectivity index (χ3n) is 4.52. The third kappa shape index (κ3) is 6.99. The standard InChI is InChI=1S/C25H27NO5/c1-6-13-30-22-11-10-21(17-23(22)28-5)29-15-12-26-25(27)24(31-14-7-2)20-9-8-18(3)19(4)16-20/h1-2,8-11,16-17,24H,12-15H2,3-5H3,(H,26,27). The number of nitrogens with one attached hydrogen (secondary N) is 1. The summed E-state index contributed by atoms with van der Waals surface area (Å²) in [6.45, 7) is 4.73. The van der Waals surface area contributed by atoms with Crippen LogP contribution in [0.25, 0.3) is 0 Å². The van der Waals surface area contributed by atoms with Gasteiger partial charge in [-0.2, -0.15) is 0 Å². The van der Waals surface area contributed by atoms with E-state index in [0.29, 0.717) is 17.2 Å². The van der Waals surface area contributed by atoms with E-state index in [9.17, 15) is 4.79 Å². The van der Waals surface area contributed by atoms with Crippen molar-refractivity contribution in [3.05, 3.63) is 53.1 Å². The fourth-order valence-corrected chi connectivity index (χ4v) is 2.79. The molecule has 0 radical (unpaired) electrons. The first-order chi connectivity index (χ1) is 15.0. The molecule has 0 aliphatic carbocycles. The smallest absolute Gasteiger partial charge is 0.253 e. The summed E-state index contributed by atoms with van der Waals surface area (Å²) in [5.41, 5.74) is 2.97. The molecule has 31 heavy (non-hydrogen) atoms. The van der Waals surface area contributed by atoms with Gasteiger partial charge in [-0.25, -0.2) is 0 Å². The van der Waals surface area contributed by atoms with Crippen molar-refractivity contribution in [1.82, 2.24) is 5.32 Å². The highest BCUT2D eigenvalue weighted by atomic mass is 16.5. The number of hydrogen-bond acceptors (Lipinski definition) is 5. The fraction of sp³-hybridized carbons (Fsp3) is 0.320. The normalized spacial score (nSPS) is 11.0. The molecule has 2 rings (SSSR count). The molecule has 6 nitrogen and oxygen atoms in total. The second-order valence-corrected chi connectivity index (χ2v) is 6.68. The molecule has 2 aromatic carbocycles. The average molecular weight is 421 g/mol. The molecule has 0 saturated heterocycles.